The molecule has 2 heterocycles. The molecule has 3 nitrogen and oxygen atoms in total. The summed E-state index contributed by atoms with van der Waals surface area (Å²) in [6.45, 7) is 0. The van der Waals surface area contributed by atoms with Crippen LogP contribution in [-0.2, 0) is 0 Å². The maximum absolute atomic E-state index is 4.85. The molecule has 0 aliphatic heterocycles. The van der Waals surface area contributed by atoms with E-state index >= 15 is 0 Å². The van der Waals surface area contributed by atoms with Gasteiger partial charge < -0.3 is 4.42 Å². The summed E-state index contributed by atoms with van der Waals surface area (Å²) in [5.41, 5.74) is 1.48. The summed E-state index contributed by atoms with van der Waals surface area (Å²) in [6, 6.07) is 0. The SMILES string of the molecule is c1nc2csnc2o1. The number of nitrogens with zero attached hydrogens (tertiary/aromatic N) is 2. The lowest BCUT2D eigenvalue weighted by Gasteiger charge is -1.60. The van der Waals surface area contributed by atoms with Gasteiger partial charge in [-0.15, -0.1) is 0 Å². The van der Waals surface area contributed by atoms with E-state index in [1.807, 2.05) is 5.38 Å². The van der Waals surface area contributed by atoms with Crippen LogP contribution < -0.4 is 0 Å². The van der Waals surface area contributed by atoms with Crippen molar-refractivity contribution in [3.05, 3.63) is 11.8 Å². The van der Waals surface area contributed by atoms with E-state index < -0.39 is 0 Å². The second-order valence-electron chi connectivity index (χ2n) is 1.36. The molecule has 0 aliphatic rings. The summed E-state index contributed by atoms with van der Waals surface area (Å²) in [7, 11) is 0. The van der Waals surface area contributed by atoms with E-state index in [4.69, 9.17) is 4.42 Å². The Kier molecular flexibility index (Phi) is 0.648. The van der Waals surface area contributed by atoms with Crippen LogP contribution in [0, 0.1) is 0 Å². The molecule has 0 atom stereocenters. The molecule has 0 aliphatic carbocycles. The molecule has 0 unspecified atom stereocenters. The van der Waals surface area contributed by atoms with E-state index in [2.05, 4.69) is 9.36 Å². The third-order valence-corrected chi connectivity index (χ3v) is 1.48. The summed E-state index contributed by atoms with van der Waals surface area (Å²) in [5.74, 6) is 0. The van der Waals surface area contributed by atoms with Crippen molar-refractivity contribution in [3.8, 4) is 0 Å². The van der Waals surface area contributed by atoms with Gasteiger partial charge in [-0.3, -0.25) is 0 Å². The number of rotatable bonds is 0. The van der Waals surface area contributed by atoms with Crippen LogP contribution in [0.2, 0.25) is 0 Å². The Morgan fingerprint density at radius 3 is 3.50 bits per heavy atom. The highest BCUT2D eigenvalue weighted by Gasteiger charge is 1.96. The summed E-state index contributed by atoms with van der Waals surface area (Å²) in [5, 5.41) is 1.85. The van der Waals surface area contributed by atoms with Crippen LogP contribution >= 0.6 is 11.5 Å². The first kappa shape index (κ1) is 4.03. The highest BCUT2D eigenvalue weighted by molar-refractivity contribution is 7.04. The second-order valence-corrected chi connectivity index (χ2v) is 1.99. The van der Waals surface area contributed by atoms with Crippen LogP contribution in [0.1, 0.15) is 0 Å². The fourth-order valence-corrected chi connectivity index (χ4v) is 1.07. The van der Waals surface area contributed by atoms with E-state index in [0.717, 1.165) is 5.52 Å². The van der Waals surface area contributed by atoms with Gasteiger partial charge in [0.25, 0.3) is 5.71 Å². The van der Waals surface area contributed by atoms with Crippen molar-refractivity contribution < 1.29 is 4.42 Å². The Bertz CT molecular complexity index is 235. The maximum Gasteiger partial charge on any atom is 0.258 e. The first-order valence-electron chi connectivity index (χ1n) is 2.10. The maximum atomic E-state index is 4.85. The predicted octanol–water partition coefficient (Wildman–Crippen LogP) is 1.28. The lowest BCUT2D eigenvalue weighted by atomic mass is 10.7. The molecule has 0 bridgehead atoms. The van der Waals surface area contributed by atoms with Gasteiger partial charge in [0.2, 0.25) is 0 Å². The molecule has 40 valence electrons. The van der Waals surface area contributed by atoms with Crippen LogP contribution in [0.4, 0.5) is 0 Å². The molecule has 0 saturated carbocycles. The molecule has 8 heavy (non-hydrogen) atoms. The van der Waals surface area contributed by atoms with Gasteiger partial charge in [-0.25, -0.2) is 4.98 Å². The van der Waals surface area contributed by atoms with Crippen molar-refractivity contribution in [3.63, 3.8) is 0 Å². The zero-order valence-electron chi connectivity index (χ0n) is 3.87. The molecule has 0 saturated heterocycles. The molecule has 0 aromatic carbocycles. The minimum atomic E-state index is 0.634. The average molecular weight is 126 g/mol. The zero-order valence-corrected chi connectivity index (χ0v) is 4.68. The molecule has 4 heteroatoms. The molecular formula is C4H2N2OS. The van der Waals surface area contributed by atoms with Gasteiger partial charge in [-0.1, -0.05) is 0 Å². The monoisotopic (exact) mass is 126 g/mol. The number of oxazole rings is 1. The third-order valence-electron chi connectivity index (χ3n) is 0.875. The Morgan fingerprint density at radius 1 is 1.62 bits per heavy atom. The lowest BCUT2D eigenvalue weighted by Crippen LogP contribution is -1.51. The second kappa shape index (κ2) is 1.29. The number of hydrogen-bond acceptors (Lipinski definition) is 4. The Hall–Kier alpha value is -0.900. The van der Waals surface area contributed by atoms with Crippen LogP contribution in [0.15, 0.2) is 16.2 Å². The van der Waals surface area contributed by atoms with Gasteiger partial charge in [0.15, 0.2) is 6.39 Å². The molecule has 0 N–H and O–H groups in total. The van der Waals surface area contributed by atoms with Crippen LogP contribution in [0.25, 0.3) is 11.2 Å². The molecule has 2 aromatic heterocycles. The number of fused-ring (bicyclic) bond motifs is 1. The van der Waals surface area contributed by atoms with Crippen molar-refractivity contribution in [2.75, 3.05) is 0 Å². The van der Waals surface area contributed by atoms with Crippen molar-refractivity contribution in [2.24, 2.45) is 0 Å². The lowest BCUT2D eigenvalue weighted by molar-refractivity contribution is 0.593. The highest BCUT2D eigenvalue weighted by Crippen LogP contribution is 2.10. The molecule has 0 radical (unpaired) electrons. The topological polar surface area (TPSA) is 38.9 Å². The van der Waals surface area contributed by atoms with Crippen molar-refractivity contribution in [1.29, 1.82) is 0 Å². The summed E-state index contributed by atoms with van der Waals surface area (Å²) >= 11 is 1.35. The molecule has 2 rings (SSSR count). The quantitative estimate of drug-likeness (QED) is 0.533. The first-order chi connectivity index (χ1) is 3.97. The minimum absolute atomic E-state index is 0.634. The number of hydrogen-bond donors (Lipinski definition) is 0. The van der Waals surface area contributed by atoms with Crippen LogP contribution in [0.3, 0.4) is 0 Å². The van der Waals surface area contributed by atoms with E-state index in [1.165, 1.54) is 17.9 Å². The van der Waals surface area contributed by atoms with Crippen LogP contribution in [-0.4, -0.2) is 9.36 Å². The van der Waals surface area contributed by atoms with Gasteiger partial charge in [0, 0.05) is 5.38 Å². The van der Waals surface area contributed by atoms with E-state index in [9.17, 15) is 0 Å². The summed E-state index contributed by atoms with van der Waals surface area (Å²) < 4.78 is 8.74. The minimum Gasteiger partial charge on any atom is -0.424 e. The zero-order chi connectivity index (χ0) is 5.40. The summed E-state index contributed by atoms with van der Waals surface area (Å²) in [6.07, 6.45) is 1.39. The van der Waals surface area contributed by atoms with Gasteiger partial charge in [-0.2, -0.15) is 4.37 Å². The van der Waals surface area contributed by atoms with Crippen molar-refractivity contribution >= 4 is 22.8 Å². The predicted molar refractivity (Wildman–Crippen MR) is 29.7 cm³/mol. The fourth-order valence-electron chi connectivity index (χ4n) is 0.522. The smallest absolute Gasteiger partial charge is 0.258 e. The van der Waals surface area contributed by atoms with E-state index in [-0.39, 0.29) is 0 Å². The van der Waals surface area contributed by atoms with Gasteiger partial charge in [0.05, 0.1) is 0 Å². The van der Waals surface area contributed by atoms with Crippen molar-refractivity contribution in [1.82, 2.24) is 9.36 Å². The molecule has 0 fully saturated rings. The molecule has 0 amide bonds. The van der Waals surface area contributed by atoms with E-state index in [0.29, 0.717) is 5.71 Å². The molecule has 2 aromatic rings. The third kappa shape index (κ3) is 0.376. The number of aromatic nitrogens is 2. The first-order valence-corrected chi connectivity index (χ1v) is 2.94. The van der Waals surface area contributed by atoms with E-state index in [1.54, 1.807) is 0 Å². The molecule has 0 spiro atoms. The fraction of sp³-hybridized carbons (Fsp3) is 0. The Morgan fingerprint density at radius 2 is 2.62 bits per heavy atom. The standard InChI is InChI=1S/C4H2N2OS/c1-3-4(6-8-1)7-2-5-3/h1-2H. The highest BCUT2D eigenvalue weighted by atomic mass is 32.1. The molecular weight excluding hydrogens is 124 g/mol. The normalized spacial score (nSPS) is 10.5. The average Bonchev–Trinajstić information content (AvgIpc) is 2.15. The Balaban J connectivity index is 3.06. The van der Waals surface area contributed by atoms with Crippen LogP contribution in [0.5, 0.6) is 0 Å². The Labute approximate surface area is 49.1 Å². The van der Waals surface area contributed by atoms with Gasteiger partial charge >= 0.3 is 0 Å². The van der Waals surface area contributed by atoms with Gasteiger partial charge in [-0.05, 0) is 11.5 Å². The van der Waals surface area contributed by atoms with Crippen molar-refractivity contribution in [2.45, 2.75) is 0 Å². The largest absolute Gasteiger partial charge is 0.424 e. The summed E-state index contributed by atoms with van der Waals surface area (Å²) in [4.78, 5) is 3.86. The van der Waals surface area contributed by atoms with Gasteiger partial charge in [0.1, 0.15) is 5.52 Å².